The van der Waals surface area contributed by atoms with E-state index < -0.39 is 17.2 Å². The normalized spacial score (nSPS) is 27.5. The molecule has 0 aliphatic carbocycles. The van der Waals surface area contributed by atoms with Gasteiger partial charge in [0.1, 0.15) is 11.6 Å². The van der Waals surface area contributed by atoms with Crippen molar-refractivity contribution in [1.29, 1.82) is 0 Å². The van der Waals surface area contributed by atoms with Crippen LogP contribution in [0, 0.1) is 18.6 Å². The van der Waals surface area contributed by atoms with Crippen LogP contribution >= 0.6 is 0 Å². The minimum absolute atomic E-state index is 0.136. The van der Waals surface area contributed by atoms with Crippen LogP contribution in [-0.4, -0.2) is 17.8 Å². The van der Waals surface area contributed by atoms with Gasteiger partial charge in [-0.1, -0.05) is 19.4 Å². The van der Waals surface area contributed by atoms with Crippen LogP contribution in [0.1, 0.15) is 43.7 Å². The summed E-state index contributed by atoms with van der Waals surface area (Å²) in [7, 11) is 0. The van der Waals surface area contributed by atoms with Gasteiger partial charge in [0.05, 0.1) is 23.9 Å². The SMILES string of the molecule is CCCC1CC(O)(c2c(F)ccc(C)c2F)CCO1. The van der Waals surface area contributed by atoms with Crippen molar-refractivity contribution >= 4 is 0 Å². The quantitative estimate of drug-likeness (QED) is 0.911. The maximum Gasteiger partial charge on any atom is 0.135 e. The third kappa shape index (κ3) is 2.79. The Hall–Kier alpha value is -1.00. The molecule has 1 aliphatic heterocycles. The van der Waals surface area contributed by atoms with E-state index in [4.69, 9.17) is 4.74 Å². The Morgan fingerprint density at radius 3 is 2.84 bits per heavy atom. The van der Waals surface area contributed by atoms with Crippen molar-refractivity contribution in [3.63, 3.8) is 0 Å². The van der Waals surface area contributed by atoms with Gasteiger partial charge in [0.25, 0.3) is 0 Å². The molecule has 1 aromatic rings. The summed E-state index contributed by atoms with van der Waals surface area (Å²) < 4.78 is 33.6. The Bertz CT molecular complexity index is 460. The molecule has 0 bridgehead atoms. The van der Waals surface area contributed by atoms with Gasteiger partial charge in [0.2, 0.25) is 0 Å². The Morgan fingerprint density at radius 1 is 1.42 bits per heavy atom. The number of ether oxygens (including phenoxy) is 1. The summed E-state index contributed by atoms with van der Waals surface area (Å²) in [6.07, 6.45) is 2.04. The molecule has 19 heavy (non-hydrogen) atoms. The van der Waals surface area contributed by atoms with E-state index in [9.17, 15) is 13.9 Å². The number of rotatable bonds is 3. The first-order valence-electron chi connectivity index (χ1n) is 6.77. The minimum atomic E-state index is -1.46. The molecule has 1 saturated heterocycles. The maximum atomic E-state index is 14.2. The van der Waals surface area contributed by atoms with Crippen molar-refractivity contribution in [2.24, 2.45) is 0 Å². The molecular formula is C15H20F2O2. The third-order valence-corrected chi connectivity index (χ3v) is 3.79. The Morgan fingerprint density at radius 2 is 2.16 bits per heavy atom. The molecule has 1 aromatic carbocycles. The lowest BCUT2D eigenvalue weighted by Gasteiger charge is -2.37. The maximum absolute atomic E-state index is 14.2. The summed E-state index contributed by atoms with van der Waals surface area (Å²) in [6.45, 7) is 3.92. The number of benzene rings is 1. The number of aryl methyl sites for hydroxylation is 1. The molecule has 1 N–H and O–H groups in total. The molecule has 2 rings (SSSR count). The van der Waals surface area contributed by atoms with Gasteiger partial charge >= 0.3 is 0 Å². The van der Waals surface area contributed by atoms with E-state index in [-0.39, 0.29) is 24.5 Å². The number of hydrogen-bond donors (Lipinski definition) is 1. The second kappa shape index (κ2) is 5.55. The lowest BCUT2D eigenvalue weighted by atomic mass is 9.81. The van der Waals surface area contributed by atoms with Crippen LogP contribution in [0.4, 0.5) is 8.78 Å². The topological polar surface area (TPSA) is 29.5 Å². The van der Waals surface area contributed by atoms with Gasteiger partial charge in [-0.25, -0.2) is 8.78 Å². The fourth-order valence-electron chi connectivity index (χ4n) is 2.75. The highest BCUT2D eigenvalue weighted by Crippen LogP contribution is 2.39. The van der Waals surface area contributed by atoms with Crippen molar-refractivity contribution in [3.8, 4) is 0 Å². The van der Waals surface area contributed by atoms with Crippen LogP contribution in [0.25, 0.3) is 0 Å². The van der Waals surface area contributed by atoms with Crippen LogP contribution in [0.15, 0.2) is 12.1 Å². The average molecular weight is 270 g/mol. The molecule has 2 atom stereocenters. The van der Waals surface area contributed by atoms with E-state index in [0.717, 1.165) is 12.8 Å². The molecule has 0 amide bonds. The van der Waals surface area contributed by atoms with E-state index in [2.05, 4.69) is 0 Å². The van der Waals surface area contributed by atoms with Crippen LogP contribution in [0.5, 0.6) is 0 Å². The standard InChI is InChI=1S/C15H20F2O2/c1-3-4-11-9-15(18,7-8-19-11)13-12(16)6-5-10(2)14(13)17/h5-6,11,18H,3-4,7-9H2,1-2H3. The summed E-state index contributed by atoms with van der Waals surface area (Å²) in [5.41, 5.74) is -1.31. The van der Waals surface area contributed by atoms with E-state index in [1.165, 1.54) is 12.1 Å². The molecule has 1 fully saturated rings. The second-order valence-corrected chi connectivity index (χ2v) is 5.32. The van der Waals surface area contributed by atoms with Crippen molar-refractivity contribution < 1.29 is 18.6 Å². The fraction of sp³-hybridized carbons (Fsp3) is 0.600. The van der Waals surface area contributed by atoms with Crippen molar-refractivity contribution in [2.75, 3.05) is 6.61 Å². The predicted octanol–water partition coefficient (Wildman–Crippen LogP) is 3.44. The summed E-state index contributed by atoms with van der Waals surface area (Å²) in [4.78, 5) is 0. The molecule has 2 unspecified atom stereocenters. The number of aliphatic hydroxyl groups is 1. The highest BCUT2D eigenvalue weighted by atomic mass is 19.1. The summed E-state index contributed by atoms with van der Waals surface area (Å²) in [6, 6.07) is 2.61. The van der Waals surface area contributed by atoms with Crippen LogP contribution < -0.4 is 0 Å². The lowest BCUT2D eigenvalue weighted by molar-refractivity contribution is -0.112. The molecule has 1 aliphatic rings. The smallest absolute Gasteiger partial charge is 0.135 e. The van der Waals surface area contributed by atoms with Gasteiger partial charge < -0.3 is 9.84 Å². The Kier molecular flexibility index (Phi) is 4.21. The van der Waals surface area contributed by atoms with Crippen LogP contribution in [0.2, 0.25) is 0 Å². The van der Waals surface area contributed by atoms with Gasteiger partial charge in [-0.05, 0) is 25.0 Å². The first-order valence-corrected chi connectivity index (χ1v) is 6.77. The zero-order valence-corrected chi connectivity index (χ0v) is 11.4. The molecule has 4 heteroatoms. The Balaban J connectivity index is 2.36. The highest BCUT2D eigenvalue weighted by molar-refractivity contribution is 5.32. The largest absolute Gasteiger partial charge is 0.385 e. The molecule has 2 nitrogen and oxygen atoms in total. The van der Waals surface area contributed by atoms with Crippen molar-refractivity contribution in [3.05, 3.63) is 34.9 Å². The second-order valence-electron chi connectivity index (χ2n) is 5.32. The van der Waals surface area contributed by atoms with Gasteiger partial charge in [0, 0.05) is 12.8 Å². The molecule has 106 valence electrons. The monoisotopic (exact) mass is 270 g/mol. The van der Waals surface area contributed by atoms with Crippen molar-refractivity contribution in [2.45, 2.75) is 51.2 Å². The zero-order valence-electron chi connectivity index (χ0n) is 11.4. The zero-order chi connectivity index (χ0) is 14.0. The van der Waals surface area contributed by atoms with Gasteiger partial charge in [-0.15, -0.1) is 0 Å². The van der Waals surface area contributed by atoms with Crippen LogP contribution in [-0.2, 0) is 10.3 Å². The summed E-state index contributed by atoms with van der Waals surface area (Å²) >= 11 is 0. The molecule has 0 radical (unpaired) electrons. The number of hydrogen-bond acceptors (Lipinski definition) is 2. The van der Waals surface area contributed by atoms with Crippen molar-refractivity contribution in [1.82, 2.24) is 0 Å². The molecule has 0 spiro atoms. The number of halogens is 2. The van der Waals surface area contributed by atoms with E-state index in [1.54, 1.807) is 6.92 Å². The first-order chi connectivity index (χ1) is 8.98. The third-order valence-electron chi connectivity index (χ3n) is 3.79. The molecular weight excluding hydrogens is 250 g/mol. The fourth-order valence-corrected chi connectivity index (χ4v) is 2.75. The van der Waals surface area contributed by atoms with E-state index in [1.807, 2.05) is 6.92 Å². The lowest BCUT2D eigenvalue weighted by Crippen LogP contribution is -2.40. The van der Waals surface area contributed by atoms with Crippen LogP contribution in [0.3, 0.4) is 0 Å². The highest BCUT2D eigenvalue weighted by Gasteiger charge is 2.40. The van der Waals surface area contributed by atoms with E-state index in [0.29, 0.717) is 12.2 Å². The predicted molar refractivity (Wildman–Crippen MR) is 68.9 cm³/mol. The van der Waals surface area contributed by atoms with Gasteiger partial charge in [0.15, 0.2) is 0 Å². The summed E-state index contributed by atoms with van der Waals surface area (Å²) in [5, 5.41) is 10.7. The Labute approximate surface area is 112 Å². The van der Waals surface area contributed by atoms with E-state index >= 15 is 0 Å². The average Bonchev–Trinajstić information content (AvgIpc) is 2.35. The van der Waals surface area contributed by atoms with Gasteiger partial charge in [-0.2, -0.15) is 0 Å². The first kappa shape index (κ1) is 14.4. The minimum Gasteiger partial charge on any atom is -0.385 e. The molecule has 0 saturated carbocycles. The summed E-state index contributed by atoms with van der Waals surface area (Å²) in [5.74, 6) is -1.32. The van der Waals surface area contributed by atoms with Gasteiger partial charge in [-0.3, -0.25) is 0 Å². The molecule has 0 aromatic heterocycles. The molecule has 1 heterocycles.